The monoisotopic (exact) mass is 300 g/mol. The van der Waals surface area contributed by atoms with Crippen molar-refractivity contribution in [3.8, 4) is 0 Å². The highest BCUT2D eigenvalue weighted by Crippen LogP contribution is 2.17. The van der Waals surface area contributed by atoms with E-state index in [9.17, 15) is 18.3 Å². The van der Waals surface area contributed by atoms with E-state index in [1.54, 1.807) is 33.2 Å². The third kappa shape index (κ3) is 4.03. The fourth-order valence-corrected chi connectivity index (χ4v) is 2.93. The Balaban J connectivity index is 3.00. The van der Waals surface area contributed by atoms with Crippen LogP contribution in [0.2, 0.25) is 0 Å². The lowest BCUT2D eigenvalue weighted by atomic mass is 10.1. The third-order valence-corrected chi connectivity index (χ3v) is 4.33. The molecule has 1 aromatic carbocycles. The summed E-state index contributed by atoms with van der Waals surface area (Å²) in [5, 5.41) is 9.48. The Labute approximate surface area is 119 Å². The van der Waals surface area contributed by atoms with Crippen LogP contribution in [-0.4, -0.2) is 44.5 Å². The average molecular weight is 300 g/mol. The summed E-state index contributed by atoms with van der Waals surface area (Å²) in [5.41, 5.74) is 0.500. The molecule has 0 saturated heterocycles. The Kier molecular flexibility index (Phi) is 5.27. The van der Waals surface area contributed by atoms with Crippen LogP contribution in [0.1, 0.15) is 25.5 Å². The lowest BCUT2D eigenvalue weighted by molar-refractivity contribution is -0.130. The summed E-state index contributed by atoms with van der Waals surface area (Å²) in [6.45, 7) is 3.04. The molecule has 1 amide bonds. The van der Waals surface area contributed by atoms with E-state index < -0.39 is 22.2 Å². The van der Waals surface area contributed by atoms with Gasteiger partial charge in [0.1, 0.15) is 0 Å². The molecule has 7 heteroatoms. The molecule has 0 saturated carbocycles. The van der Waals surface area contributed by atoms with Gasteiger partial charge in [-0.05, 0) is 31.5 Å². The van der Waals surface area contributed by atoms with Crippen LogP contribution < -0.4 is 4.72 Å². The number of carbonyl (C=O) groups is 1. The molecule has 0 aliphatic rings. The number of sulfonamides is 1. The Morgan fingerprint density at radius 1 is 1.30 bits per heavy atom. The Bertz CT molecular complexity index is 582. The molecule has 0 radical (unpaired) electrons. The lowest BCUT2D eigenvalue weighted by Gasteiger charge is -2.18. The van der Waals surface area contributed by atoms with E-state index in [0.717, 1.165) is 0 Å². The molecule has 1 rings (SSSR count). The molecule has 0 bridgehead atoms. The van der Waals surface area contributed by atoms with E-state index in [0.29, 0.717) is 5.56 Å². The van der Waals surface area contributed by atoms with Crippen LogP contribution in [0, 0.1) is 0 Å². The normalized spacial score (nSPS) is 14.7. The van der Waals surface area contributed by atoms with Gasteiger partial charge in [0.15, 0.2) is 0 Å². The van der Waals surface area contributed by atoms with E-state index in [1.165, 1.54) is 24.0 Å². The first kappa shape index (κ1) is 16.6. The summed E-state index contributed by atoms with van der Waals surface area (Å²) in [6.07, 6.45) is -0.758. The predicted molar refractivity (Wildman–Crippen MR) is 75.6 cm³/mol. The smallest absolute Gasteiger partial charge is 0.241 e. The van der Waals surface area contributed by atoms with Crippen LogP contribution in [0.15, 0.2) is 29.2 Å². The molecule has 0 spiro atoms. The van der Waals surface area contributed by atoms with Crippen LogP contribution in [0.5, 0.6) is 0 Å². The van der Waals surface area contributed by atoms with Crippen LogP contribution in [0.4, 0.5) is 0 Å². The highest BCUT2D eigenvalue weighted by Gasteiger charge is 2.23. The standard InChI is InChI=1S/C13H20N2O4S/c1-9(13(17)15(3)4)14-20(18,19)12-7-5-6-11(8-12)10(2)16/h5-10,14,16H,1-4H3. The average Bonchev–Trinajstić information content (AvgIpc) is 2.37. The first-order chi connectivity index (χ1) is 9.15. The number of nitrogens with zero attached hydrogens (tertiary/aromatic N) is 1. The maximum Gasteiger partial charge on any atom is 0.241 e. The van der Waals surface area contributed by atoms with Crippen molar-refractivity contribution in [3.05, 3.63) is 29.8 Å². The van der Waals surface area contributed by atoms with Crippen LogP contribution >= 0.6 is 0 Å². The zero-order valence-corrected chi connectivity index (χ0v) is 12.8. The molecule has 20 heavy (non-hydrogen) atoms. The number of aliphatic hydroxyl groups excluding tert-OH is 1. The second kappa shape index (κ2) is 6.34. The summed E-state index contributed by atoms with van der Waals surface area (Å²) >= 11 is 0. The fourth-order valence-electron chi connectivity index (χ4n) is 1.68. The van der Waals surface area contributed by atoms with Gasteiger partial charge in [0.05, 0.1) is 17.0 Å². The molecule has 0 aromatic heterocycles. The number of hydrogen-bond donors (Lipinski definition) is 2. The largest absolute Gasteiger partial charge is 0.389 e. The van der Waals surface area contributed by atoms with Crippen molar-refractivity contribution in [1.29, 1.82) is 0 Å². The van der Waals surface area contributed by atoms with Gasteiger partial charge in [-0.25, -0.2) is 8.42 Å². The van der Waals surface area contributed by atoms with E-state index in [4.69, 9.17) is 0 Å². The number of amides is 1. The number of carbonyl (C=O) groups excluding carboxylic acids is 1. The van der Waals surface area contributed by atoms with Crippen LogP contribution in [0.25, 0.3) is 0 Å². The number of rotatable bonds is 5. The zero-order valence-electron chi connectivity index (χ0n) is 12.0. The topological polar surface area (TPSA) is 86.7 Å². The minimum atomic E-state index is -3.80. The molecular formula is C13H20N2O4S. The molecule has 112 valence electrons. The maximum absolute atomic E-state index is 12.2. The van der Waals surface area contributed by atoms with Gasteiger partial charge in [0.25, 0.3) is 0 Å². The van der Waals surface area contributed by atoms with Gasteiger partial charge in [0, 0.05) is 14.1 Å². The first-order valence-electron chi connectivity index (χ1n) is 6.16. The van der Waals surface area contributed by atoms with Gasteiger partial charge in [-0.2, -0.15) is 4.72 Å². The SMILES string of the molecule is CC(NS(=O)(=O)c1cccc(C(C)O)c1)C(=O)N(C)C. The highest BCUT2D eigenvalue weighted by molar-refractivity contribution is 7.89. The van der Waals surface area contributed by atoms with Crippen molar-refractivity contribution in [2.24, 2.45) is 0 Å². The molecule has 0 aliphatic carbocycles. The van der Waals surface area contributed by atoms with Crippen molar-refractivity contribution < 1.29 is 18.3 Å². The molecule has 0 aliphatic heterocycles. The fraction of sp³-hybridized carbons (Fsp3) is 0.462. The van der Waals surface area contributed by atoms with Gasteiger partial charge in [0.2, 0.25) is 15.9 Å². The molecule has 0 fully saturated rings. The second-order valence-corrected chi connectivity index (χ2v) is 6.54. The minimum absolute atomic E-state index is 0.0225. The predicted octanol–water partition coefficient (Wildman–Crippen LogP) is 0.495. The molecular weight excluding hydrogens is 280 g/mol. The van der Waals surface area contributed by atoms with Gasteiger partial charge in [-0.15, -0.1) is 0 Å². The maximum atomic E-state index is 12.2. The molecule has 2 unspecified atom stereocenters. The quantitative estimate of drug-likeness (QED) is 0.829. The number of nitrogens with one attached hydrogen (secondary N) is 1. The van der Waals surface area contributed by atoms with E-state index >= 15 is 0 Å². The summed E-state index contributed by atoms with van der Waals surface area (Å²) in [5.74, 6) is -0.333. The van der Waals surface area contributed by atoms with E-state index in [2.05, 4.69) is 4.72 Å². The minimum Gasteiger partial charge on any atom is -0.389 e. The Hall–Kier alpha value is -1.44. The summed E-state index contributed by atoms with van der Waals surface area (Å²) in [6, 6.07) is 5.14. The van der Waals surface area contributed by atoms with Gasteiger partial charge < -0.3 is 10.0 Å². The lowest BCUT2D eigenvalue weighted by Crippen LogP contribution is -2.44. The number of hydrogen-bond acceptors (Lipinski definition) is 4. The van der Waals surface area contributed by atoms with Gasteiger partial charge in [-0.3, -0.25) is 4.79 Å². The number of aliphatic hydroxyl groups is 1. The van der Waals surface area contributed by atoms with E-state index in [1.807, 2.05) is 0 Å². The number of likely N-dealkylation sites (N-methyl/N-ethyl adjacent to an activating group) is 1. The van der Waals surface area contributed by atoms with Crippen molar-refractivity contribution in [1.82, 2.24) is 9.62 Å². The zero-order chi connectivity index (χ0) is 15.5. The van der Waals surface area contributed by atoms with Crippen LogP contribution in [-0.2, 0) is 14.8 Å². The van der Waals surface area contributed by atoms with Gasteiger partial charge >= 0.3 is 0 Å². The molecule has 0 heterocycles. The molecule has 2 N–H and O–H groups in total. The van der Waals surface area contributed by atoms with Crippen LogP contribution in [0.3, 0.4) is 0 Å². The van der Waals surface area contributed by atoms with E-state index in [-0.39, 0.29) is 10.8 Å². The molecule has 1 aromatic rings. The van der Waals surface area contributed by atoms with Crippen molar-refractivity contribution >= 4 is 15.9 Å². The summed E-state index contributed by atoms with van der Waals surface area (Å²) in [7, 11) is -0.689. The summed E-state index contributed by atoms with van der Waals surface area (Å²) in [4.78, 5) is 13.0. The molecule has 6 nitrogen and oxygen atoms in total. The number of benzene rings is 1. The Morgan fingerprint density at radius 2 is 1.90 bits per heavy atom. The highest BCUT2D eigenvalue weighted by atomic mass is 32.2. The Morgan fingerprint density at radius 3 is 2.40 bits per heavy atom. The van der Waals surface area contributed by atoms with Gasteiger partial charge in [-0.1, -0.05) is 12.1 Å². The third-order valence-electron chi connectivity index (χ3n) is 2.79. The first-order valence-corrected chi connectivity index (χ1v) is 7.65. The van der Waals surface area contributed by atoms with Crippen molar-refractivity contribution in [2.75, 3.05) is 14.1 Å². The summed E-state index contributed by atoms with van der Waals surface area (Å²) < 4.78 is 26.7. The van der Waals surface area contributed by atoms with Crippen molar-refractivity contribution in [3.63, 3.8) is 0 Å². The molecule has 2 atom stereocenters. The van der Waals surface area contributed by atoms with Crippen molar-refractivity contribution in [2.45, 2.75) is 30.9 Å². The second-order valence-electron chi connectivity index (χ2n) is 4.82.